The monoisotopic (exact) mass is 179 g/mol. The van der Waals surface area contributed by atoms with Crippen LogP contribution in [0.1, 0.15) is 15.9 Å². The van der Waals surface area contributed by atoms with Crippen molar-refractivity contribution in [3.63, 3.8) is 0 Å². The summed E-state index contributed by atoms with van der Waals surface area (Å²) < 4.78 is 0. The van der Waals surface area contributed by atoms with Crippen LogP contribution in [0.25, 0.3) is 0 Å². The van der Waals surface area contributed by atoms with Gasteiger partial charge in [-0.1, -0.05) is 0 Å². The van der Waals surface area contributed by atoms with Crippen LogP contribution in [0, 0.1) is 5.41 Å². The number of nitrogen functional groups attached to an aromatic ring is 2. The molecule has 1 rings (SSSR count). The fourth-order valence-corrected chi connectivity index (χ4v) is 0.941. The summed E-state index contributed by atoms with van der Waals surface area (Å²) in [5, 5.41) is 15.7. The molecule has 0 aliphatic heterocycles. The minimum Gasteiger partial charge on any atom is -0.478 e. The van der Waals surface area contributed by atoms with Crippen molar-refractivity contribution < 1.29 is 9.90 Å². The van der Waals surface area contributed by atoms with E-state index >= 15 is 0 Å². The summed E-state index contributed by atoms with van der Waals surface area (Å²) in [5.74, 6) is -1.23. The molecule has 5 heteroatoms. The van der Waals surface area contributed by atoms with Gasteiger partial charge < -0.3 is 16.6 Å². The third kappa shape index (κ3) is 1.76. The summed E-state index contributed by atoms with van der Waals surface area (Å²) in [6.07, 6.45) is 0. The highest BCUT2D eigenvalue weighted by molar-refractivity contribution is 6.01. The summed E-state index contributed by atoms with van der Waals surface area (Å²) in [7, 11) is 0. The van der Waals surface area contributed by atoms with E-state index < -0.39 is 5.97 Å². The number of aromatic carboxylic acids is 1. The second-order valence-electron chi connectivity index (χ2n) is 2.52. The van der Waals surface area contributed by atoms with Crippen molar-refractivity contribution in [3.05, 3.63) is 29.3 Å². The van der Waals surface area contributed by atoms with Gasteiger partial charge in [0.15, 0.2) is 0 Å². The van der Waals surface area contributed by atoms with Crippen molar-refractivity contribution in [1.29, 1.82) is 5.41 Å². The molecule has 0 amide bonds. The maximum Gasteiger partial charge on any atom is 0.335 e. The number of hydrogen-bond donors (Lipinski definition) is 4. The van der Waals surface area contributed by atoms with Crippen LogP contribution in [0.3, 0.4) is 0 Å². The zero-order valence-electron chi connectivity index (χ0n) is 6.74. The van der Waals surface area contributed by atoms with Gasteiger partial charge in [-0.05, 0) is 18.2 Å². The first kappa shape index (κ1) is 9.05. The van der Waals surface area contributed by atoms with Gasteiger partial charge in [0.25, 0.3) is 0 Å². The van der Waals surface area contributed by atoms with E-state index in [1.165, 1.54) is 18.2 Å². The Bertz CT molecular complexity index is 374. The number of carboxylic acid groups (broad SMARTS) is 1. The number of nitrogens with one attached hydrogen (secondary N) is 1. The predicted octanol–water partition coefficient (Wildman–Crippen LogP) is 0.251. The van der Waals surface area contributed by atoms with Crippen LogP contribution >= 0.6 is 0 Å². The zero-order valence-corrected chi connectivity index (χ0v) is 6.74. The molecule has 0 radical (unpaired) electrons. The maximum absolute atomic E-state index is 10.5. The van der Waals surface area contributed by atoms with Crippen molar-refractivity contribution in [2.45, 2.75) is 0 Å². The molecule has 0 aliphatic carbocycles. The van der Waals surface area contributed by atoms with Gasteiger partial charge in [-0.25, -0.2) is 4.79 Å². The van der Waals surface area contributed by atoms with Crippen molar-refractivity contribution in [2.24, 2.45) is 5.73 Å². The van der Waals surface area contributed by atoms with Gasteiger partial charge in [0.1, 0.15) is 5.84 Å². The molecule has 0 saturated heterocycles. The molecule has 0 spiro atoms. The molecule has 0 atom stereocenters. The van der Waals surface area contributed by atoms with Crippen LogP contribution < -0.4 is 11.5 Å². The van der Waals surface area contributed by atoms with E-state index in [2.05, 4.69) is 0 Å². The van der Waals surface area contributed by atoms with E-state index in [1.807, 2.05) is 0 Å². The number of carbonyl (C=O) groups is 1. The van der Waals surface area contributed by atoms with Gasteiger partial charge in [0.05, 0.1) is 5.56 Å². The standard InChI is InChI=1S/C8H9N3O2/c9-6-3-4(8(12)13)1-2-5(6)7(10)11/h1-3H,9H2,(H3,10,11)(H,12,13). The average molecular weight is 179 g/mol. The first-order valence-electron chi connectivity index (χ1n) is 3.49. The van der Waals surface area contributed by atoms with Gasteiger partial charge in [0.2, 0.25) is 0 Å². The van der Waals surface area contributed by atoms with Gasteiger partial charge in [0, 0.05) is 11.3 Å². The van der Waals surface area contributed by atoms with Crippen LogP contribution in [-0.2, 0) is 0 Å². The summed E-state index contributed by atoms with van der Waals surface area (Å²) >= 11 is 0. The third-order valence-electron chi connectivity index (χ3n) is 1.59. The lowest BCUT2D eigenvalue weighted by atomic mass is 10.1. The van der Waals surface area contributed by atoms with Crippen molar-refractivity contribution in [2.75, 3.05) is 5.73 Å². The highest BCUT2D eigenvalue weighted by Crippen LogP contribution is 2.13. The minimum atomic E-state index is -1.05. The Morgan fingerprint density at radius 3 is 2.46 bits per heavy atom. The number of hydrogen-bond acceptors (Lipinski definition) is 3. The van der Waals surface area contributed by atoms with Crippen LogP contribution in [0.15, 0.2) is 18.2 Å². The Morgan fingerprint density at radius 2 is 2.08 bits per heavy atom. The molecule has 0 saturated carbocycles. The second-order valence-corrected chi connectivity index (χ2v) is 2.52. The van der Waals surface area contributed by atoms with E-state index in [0.717, 1.165) is 0 Å². The topological polar surface area (TPSA) is 113 Å². The van der Waals surface area contributed by atoms with Gasteiger partial charge in [-0.15, -0.1) is 0 Å². The van der Waals surface area contributed by atoms with E-state index in [-0.39, 0.29) is 17.1 Å². The Hall–Kier alpha value is -2.04. The molecular formula is C8H9N3O2. The number of nitrogens with two attached hydrogens (primary N) is 2. The number of amidine groups is 1. The quantitative estimate of drug-likeness (QED) is 0.296. The van der Waals surface area contributed by atoms with Crippen molar-refractivity contribution in [1.82, 2.24) is 0 Å². The molecular weight excluding hydrogens is 170 g/mol. The van der Waals surface area contributed by atoms with Crippen LogP contribution in [0.4, 0.5) is 5.69 Å². The lowest BCUT2D eigenvalue weighted by Crippen LogP contribution is -2.14. The fourth-order valence-electron chi connectivity index (χ4n) is 0.941. The molecule has 1 aromatic rings. The highest BCUT2D eigenvalue weighted by Gasteiger charge is 2.07. The molecule has 0 unspecified atom stereocenters. The number of rotatable bonds is 2. The lowest BCUT2D eigenvalue weighted by Gasteiger charge is -2.03. The lowest BCUT2D eigenvalue weighted by molar-refractivity contribution is 0.0697. The van der Waals surface area contributed by atoms with Crippen LogP contribution in [-0.4, -0.2) is 16.9 Å². The van der Waals surface area contributed by atoms with Gasteiger partial charge >= 0.3 is 5.97 Å². The van der Waals surface area contributed by atoms with E-state index in [4.69, 9.17) is 22.0 Å². The first-order valence-corrected chi connectivity index (χ1v) is 3.49. The second kappa shape index (κ2) is 3.14. The van der Waals surface area contributed by atoms with E-state index in [0.29, 0.717) is 5.56 Å². The molecule has 13 heavy (non-hydrogen) atoms. The Balaban J connectivity index is 3.20. The number of anilines is 1. The summed E-state index contributed by atoms with van der Waals surface area (Å²) in [4.78, 5) is 10.5. The molecule has 0 heterocycles. The predicted molar refractivity (Wildman–Crippen MR) is 48.8 cm³/mol. The molecule has 68 valence electrons. The smallest absolute Gasteiger partial charge is 0.335 e. The molecule has 0 aromatic heterocycles. The van der Waals surface area contributed by atoms with Gasteiger partial charge in [-0.3, -0.25) is 5.41 Å². The molecule has 0 bridgehead atoms. The summed E-state index contributed by atoms with van der Waals surface area (Å²) in [6, 6.07) is 4.05. The SMILES string of the molecule is N=C(N)c1ccc(C(=O)O)cc1N. The Labute approximate surface area is 74.5 Å². The molecule has 5 nitrogen and oxygen atoms in total. The Morgan fingerprint density at radius 1 is 1.46 bits per heavy atom. The largest absolute Gasteiger partial charge is 0.478 e. The molecule has 0 fully saturated rings. The molecule has 6 N–H and O–H groups in total. The van der Waals surface area contributed by atoms with E-state index in [1.54, 1.807) is 0 Å². The fraction of sp³-hybridized carbons (Fsp3) is 0. The van der Waals surface area contributed by atoms with Crippen molar-refractivity contribution >= 4 is 17.5 Å². The van der Waals surface area contributed by atoms with E-state index in [9.17, 15) is 4.79 Å². The highest BCUT2D eigenvalue weighted by atomic mass is 16.4. The van der Waals surface area contributed by atoms with Crippen LogP contribution in [0.5, 0.6) is 0 Å². The number of benzene rings is 1. The summed E-state index contributed by atoms with van der Waals surface area (Å²) in [5.41, 5.74) is 11.3. The molecule has 0 aliphatic rings. The van der Waals surface area contributed by atoms with Crippen LogP contribution in [0.2, 0.25) is 0 Å². The van der Waals surface area contributed by atoms with Crippen molar-refractivity contribution in [3.8, 4) is 0 Å². The average Bonchev–Trinajstić information content (AvgIpc) is 2.03. The summed E-state index contributed by atoms with van der Waals surface area (Å²) in [6.45, 7) is 0. The molecule has 1 aromatic carbocycles. The first-order chi connectivity index (χ1) is 6.02. The normalized spacial score (nSPS) is 9.54. The zero-order chi connectivity index (χ0) is 10.0. The Kier molecular flexibility index (Phi) is 2.19. The maximum atomic E-state index is 10.5. The third-order valence-corrected chi connectivity index (χ3v) is 1.59. The number of carboxylic acids is 1. The minimum absolute atomic E-state index is 0.0856. The van der Waals surface area contributed by atoms with Gasteiger partial charge in [-0.2, -0.15) is 0 Å².